The van der Waals surface area contributed by atoms with E-state index in [9.17, 15) is 0 Å². The van der Waals surface area contributed by atoms with Crippen molar-refractivity contribution in [3.63, 3.8) is 0 Å². The Morgan fingerprint density at radius 1 is 1.06 bits per heavy atom. The number of para-hydroxylation sites is 1. The molecular formula is C16H20N2. The third-order valence-electron chi connectivity index (χ3n) is 3.94. The molecule has 2 nitrogen and oxygen atoms in total. The minimum absolute atomic E-state index is 0.845. The van der Waals surface area contributed by atoms with Crippen LogP contribution in [0.25, 0.3) is 10.9 Å². The van der Waals surface area contributed by atoms with Crippen LogP contribution in [0.1, 0.15) is 32.1 Å². The molecule has 94 valence electrons. The first kappa shape index (κ1) is 11.5. The van der Waals surface area contributed by atoms with Crippen molar-refractivity contribution in [1.82, 2.24) is 4.98 Å². The lowest BCUT2D eigenvalue weighted by Gasteiger charge is -2.22. The molecule has 0 aliphatic heterocycles. The standard InChI is InChI=1S/C16H20N2/c1-2-6-13(7-3-1)12-18-15-10-4-8-14-9-5-11-17-16(14)15/h4-5,8-11,13,18H,1-3,6-7,12H2. The van der Waals surface area contributed by atoms with Gasteiger partial charge >= 0.3 is 0 Å². The van der Waals surface area contributed by atoms with E-state index in [-0.39, 0.29) is 0 Å². The Bertz CT molecular complexity index is 510. The first-order valence-electron chi connectivity index (χ1n) is 7.01. The van der Waals surface area contributed by atoms with Crippen molar-refractivity contribution in [3.8, 4) is 0 Å². The maximum absolute atomic E-state index is 4.48. The van der Waals surface area contributed by atoms with Crippen LogP contribution in [-0.2, 0) is 0 Å². The summed E-state index contributed by atoms with van der Waals surface area (Å²) in [5.41, 5.74) is 2.27. The van der Waals surface area contributed by atoms with Gasteiger partial charge < -0.3 is 5.32 Å². The molecule has 0 unspecified atom stereocenters. The Morgan fingerprint density at radius 2 is 1.89 bits per heavy atom. The molecular weight excluding hydrogens is 220 g/mol. The third kappa shape index (κ3) is 2.47. The Hall–Kier alpha value is -1.57. The van der Waals surface area contributed by atoms with E-state index in [1.165, 1.54) is 43.2 Å². The van der Waals surface area contributed by atoms with Gasteiger partial charge in [0.1, 0.15) is 0 Å². The summed E-state index contributed by atoms with van der Waals surface area (Å²) in [6.07, 6.45) is 8.86. The molecule has 0 radical (unpaired) electrons. The monoisotopic (exact) mass is 240 g/mol. The molecule has 1 aromatic heterocycles. The average Bonchev–Trinajstić information content (AvgIpc) is 2.46. The zero-order valence-electron chi connectivity index (χ0n) is 10.7. The fourth-order valence-corrected chi connectivity index (χ4v) is 2.89. The summed E-state index contributed by atoms with van der Waals surface area (Å²) in [6, 6.07) is 10.5. The zero-order chi connectivity index (χ0) is 12.2. The van der Waals surface area contributed by atoms with Gasteiger partial charge in [0.25, 0.3) is 0 Å². The van der Waals surface area contributed by atoms with Gasteiger partial charge in [0.2, 0.25) is 0 Å². The minimum atomic E-state index is 0.845. The van der Waals surface area contributed by atoms with Crippen LogP contribution in [0.3, 0.4) is 0 Å². The van der Waals surface area contributed by atoms with E-state index in [2.05, 4.69) is 34.6 Å². The molecule has 2 aromatic rings. The van der Waals surface area contributed by atoms with Crippen LogP contribution in [-0.4, -0.2) is 11.5 Å². The lowest BCUT2D eigenvalue weighted by molar-refractivity contribution is 0.373. The summed E-state index contributed by atoms with van der Waals surface area (Å²) in [5, 5.41) is 4.81. The van der Waals surface area contributed by atoms with Crippen molar-refractivity contribution in [2.75, 3.05) is 11.9 Å². The van der Waals surface area contributed by atoms with Gasteiger partial charge in [0.05, 0.1) is 11.2 Å². The van der Waals surface area contributed by atoms with Crippen LogP contribution in [0.15, 0.2) is 36.5 Å². The number of benzene rings is 1. The van der Waals surface area contributed by atoms with Gasteiger partial charge in [0.15, 0.2) is 0 Å². The van der Waals surface area contributed by atoms with Gasteiger partial charge in [-0.25, -0.2) is 0 Å². The molecule has 1 N–H and O–H groups in total. The summed E-state index contributed by atoms with van der Waals surface area (Å²) in [6.45, 7) is 1.09. The van der Waals surface area contributed by atoms with E-state index in [0.29, 0.717) is 0 Å². The predicted octanol–water partition coefficient (Wildman–Crippen LogP) is 4.23. The molecule has 1 aliphatic carbocycles. The quantitative estimate of drug-likeness (QED) is 0.868. The molecule has 0 spiro atoms. The molecule has 1 aromatic carbocycles. The van der Waals surface area contributed by atoms with Gasteiger partial charge in [-0.1, -0.05) is 37.5 Å². The Morgan fingerprint density at radius 3 is 2.78 bits per heavy atom. The second kappa shape index (κ2) is 5.38. The number of nitrogens with zero attached hydrogens (tertiary/aromatic N) is 1. The van der Waals surface area contributed by atoms with E-state index in [0.717, 1.165) is 18.0 Å². The first-order chi connectivity index (χ1) is 8.93. The van der Waals surface area contributed by atoms with E-state index in [1.807, 2.05) is 12.3 Å². The van der Waals surface area contributed by atoms with Crippen molar-refractivity contribution in [1.29, 1.82) is 0 Å². The highest BCUT2D eigenvalue weighted by atomic mass is 14.9. The van der Waals surface area contributed by atoms with Gasteiger partial charge in [-0.05, 0) is 30.9 Å². The van der Waals surface area contributed by atoms with E-state index < -0.39 is 0 Å². The van der Waals surface area contributed by atoms with Gasteiger partial charge in [-0.2, -0.15) is 0 Å². The SMILES string of the molecule is c1cnc2c(NCC3CCCCC3)cccc2c1. The summed E-state index contributed by atoms with van der Waals surface area (Å²) in [4.78, 5) is 4.48. The van der Waals surface area contributed by atoms with E-state index in [4.69, 9.17) is 0 Å². The second-order valence-corrected chi connectivity index (χ2v) is 5.27. The van der Waals surface area contributed by atoms with Crippen molar-refractivity contribution < 1.29 is 0 Å². The summed E-state index contributed by atoms with van der Waals surface area (Å²) >= 11 is 0. The van der Waals surface area contributed by atoms with Crippen LogP contribution in [0.4, 0.5) is 5.69 Å². The van der Waals surface area contributed by atoms with Crippen LogP contribution in [0, 0.1) is 5.92 Å². The second-order valence-electron chi connectivity index (χ2n) is 5.27. The number of pyridine rings is 1. The van der Waals surface area contributed by atoms with Crippen molar-refractivity contribution in [2.24, 2.45) is 5.92 Å². The van der Waals surface area contributed by atoms with Crippen LogP contribution in [0.2, 0.25) is 0 Å². The number of anilines is 1. The maximum Gasteiger partial charge on any atom is 0.0933 e. The van der Waals surface area contributed by atoms with Gasteiger partial charge in [-0.15, -0.1) is 0 Å². The third-order valence-corrected chi connectivity index (χ3v) is 3.94. The van der Waals surface area contributed by atoms with Crippen LogP contribution < -0.4 is 5.32 Å². The lowest BCUT2D eigenvalue weighted by atomic mass is 9.89. The zero-order valence-corrected chi connectivity index (χ0v) is 10.7. The molecule has 3 rings (SSSR count). The largest absolute Gasteiger partial charge is 0.383 e. The minimum Gasteiger partial charge on any atom is -0.383 e. The topological polar surface area (TPSA) is 24.9 Å². The smallest absolute Gasteiger partial charge is 0.0933 e. The molecule has 0 amide bonds. The van der Waals surface area contributed by atoms with Crippen molar-refractivity contribution >= 4 is 16.6 Å². The number of rotatable bonds is 3. The van der Waals surface area contributed by atoms with E-state index >= 15 is 0 Å². The highest BCUT2D eigenvalue weighted by molar-refractivity contribution is 5.90. The van der Waals surface area contributed by atoms with Crippen molar-refractivity contribution in [2.45, 2.75) is 32.1 Å². The predicted molar refractivity (Wildman–Crippen MR) is 76.8 cm³/mol. The van der Waals surface area contributed by atoms with Gasteiger partial charge in [-0.3, -0.25) is 4.98 Å². The van der Waals surface area contributed by atoms with Crippen molar-refractivity contribution in [3.05, 3.63) is 36.5 Å². The molecule has 0 bridgehead atoms. The number of nitrogens with one attached hydrogen (secondary N) is 1. The maximum atomic E-state index is 4.48. The molecule has 1 fully saturated rings. The fraction of sp³-hybridized carbons (Fsp3) is 0.438. The highest BCUT2D eigenvalue weighted by Crippen LogP contribution is 2.25. The lowest BCUT2D eigenvalue weighted by Crippen LogP contribution is -2.17. The number of hydrogen-bond acceptors (Lipinski definition) is 2. The van der Waals surface area contributed by atoms with Crippen LogP contribution in [0.5, 0.6) is 0 Å². The molecule has 1 saturated carbocycles. The molecule has 0 atom stereocenters. The molecule has 18 heavy (non-hydrogen) atoms. The Balaban J connectivity index is 1.74. The number of fused-ring (bicyclic) bond motifs is 1. The Kier molecular flexibility index (Phi) is 3.44. The number of aromatic nitrogens is 1. The molecule has 1 aliphatic rings. The fourth-order valence-electron chi connectivity index (χ4n) is 2.89. The van der Waals surface area contributed by atoms with Crippen LogP contribution >= 0.6 is 0 Å². The Labute approximate surface area is 108 Å². The highest BCUT2D eigenvalue weighted by Gasteiger charge is 2.13. The number of hydrogen-bond donors (Lipinski definition) is 1. The molecule has 1 heterocycles. The molecule has 0 saturated heterocycles. The summed E-state index contributed by atoms with van der Waals surface area (Å²) in [7, 11) is 0. The van der Waals surface area contributed by atoms with E-state index in [1.54, 1.807) is 0 Å². The normalized spacial score (nSPS) is 16.9. The summed E-state index contributed by atoms with van der Waals surface area (Å²) in [5.74, 6) is 0.845. The summed E-state index contributed by atoms with van der Waals surface area (Å²) < 4.78 is 0. The molecule has 2 heteroatoms. The van der Waals surface area contributed by atoms with Gasteiger partial charge in [0, 0.05) is 18.1 Å². The average molecular weight is 240 g/mol. The first-order valence-corrected chi connectivity index (χ1v) is 7.01.